The summed E-state index contributed by atoms with van der Waals surface area (Å²) in [5.74, 6) is 0. The van der Waals surface area contributed by atoms with Gasteiger partial charge in [-0.25, -0.2) is 0 Å². The first-order chi connectivity index (χ1) is 9.42. The molecule has 126 valence electrons. The molecule has 0 aliphatic carbocycles. The van der Waals surface area contributed by atoms with Crippen LogP contribution in [-0.4, -0.2) is 52.3 Å². The number of anilines is 1. The van der Waals surface area contributed by atoms with Crippen LogP contribution in [0.1, 0.15) is 0 Å². The van der Waals surface area contributed by atoms with Crippen molar-refractivity contribution in [3.8, 4) is 6.07 Å². The van der Waals surface area contributed by atoms with Gasteiger partial charge in [-0.1, -0.05) is 11.6 Å². The Bertz CT molecular complexity index is 438. The zero-order chi connectivity index (χ0) is 15.0. The molecule has 1 N–H and O–H groups in total. The van der Waals surface area contributed by atoms with E-state index in [-0.39, 0.29) is 36.4 Å². The molecule has 0 atom stereocenters. The van der Waals surface area contributed by atoms with E-state index >= 15 is 0 Å². The van der Waals surface area contributed by atoms with Gasteiger partial charge in [-0.05, 0) is 24.3 Å². The van der Waals surface area contributed by atoms with E-state index < -0.39 is 7.26 Å². The van der Waals surface area contributed by atoms with Gasteiger partial charge in [-0.15, -0.1) is 12.4 Å². The highest BCUT2D eigenvalue weighted by molar-refractivity contribution is 7.73. The van der Waals surface area contributed by atoms with Gasteiger partial charge in [0.25, 0.3) is 0 Å². The third-order valence-electron chi connectivity index (χ3n) is 2.85. The molecule has 2 rings (SSSR count). The number of nitrogens with one attached hydrogen (secondary N) is 1. The summed E-state index contributed by atoms with van der Waals surface area (Å²) in [7, 11) is -0.777. The molecule has 0 spiro atoms. The second-order valence-electron chi connectivity index (χ2n) is 5.82. The molecule has 0 radical (unpaired) electrons. The quantitative estimate of drug-likeness (QED) is 0.502. The molecular weight excluding hydrogens is 451 g/mol. The monoisotopic (exact) mass is 475 g/mol. The smallest absolute Gasteiger partial charge is 0.144 e. The molecule has 1 aromatic rings. The second kappa shape index (κ2) is 12.6. The van der Waals surface area contributed by atoms with E-state index in [1.54, 1.807) is 0 Å². The van der Waals surface area contributed by atoms with Gasteiger partial charge in [0.05, 0.1) is 0 Å². The van der Waals surface area contributed by atoms with Gasteiger partial charge in [-0.3, -0.25) is 0 Å². The minimum Gasteiger partial charge on any atom is -1.00 e. The van der Waals surface area contributed by atoms with Crippen LogP contribution in [0.3, 0.4) is 0 Å². The van der Waals surface area contributed by atoms with Crippen molar-refractivity contribution in [2.24, 2.45) is 0 Å². The molecule has 3 nitrogen and oxygen atoms in total. The van der Waals surface area contributed by atoms with E-state index in [0.29, 0.717) is 0 Å². The van der Waals surface area contributed by atoms with Crippen molar-refractivity contribution >= 4 is 37.0 Å². The number of nitriles is 1. The van der Waals surface area contributed by atoms with Crippen LogP contribution < -0.4 is 34.2 Å². The van der Waals surface area contributed by atoms with Crippen molar-refractivity contribution in [2.75, 3.05) is 57.2 Å². The fourth-order valence-electron chi connectivity index (χ4n) is 1.79. The highest BCUT2D eigenvalue weighted by Crippen LogP contribution is 2.45. The van der Waals surface area contributed by atoms with E-state index in [0.717, 1.165) is 37.4 Å². The normalized spacial score (nSPS) is 13.7. The fraction of sp³-hybridized carbons (Fsp3) is 0.533. The minimum atomic E-state index is -0.777. The van der Waals surface area contributed by atoms with Crippen LogP contribution in [0.15, 0.2) is 24.3 Å². The van der Waals surface area contributed by atoms with Crippen molar-refractivity contribution in [2.45, 2.75) is 0 Å². The van der Waals surface area contributed by atoms with Crippen molar-refractivity contribution in [1.29, 1.82) is 5.26 Å². The van der Waals surface area contributed by atoms with Gasteiger partial charge >= 0.3 is 0 Å². The number of nitrogens with zero attached hydrogens (tertiary/aromatic N) is 2. The average Bonchev–Trinajstić information content (AvgIpc) is 2.40. The Morgan fingerprint density at radius 1 is 1.18 bits per heavy atom. The Kier molecular flexibility index (Phi) is 14.0. The SMILES string of the molecule is C[P+](C)(C)CC#N.Cl.Clc1ccc(N2CCNCC2)cc1.[I-]. The van der Waals surface area contributed by atoms with Gasteiger partial charge in [0.15, 0.2) is 0 Å². The largest absolute Gasteiger partial charge is 1.00 e. The van der Waals surface area contributed by atoms with Crippen LogP contribution in [0.25, 0.3) is 0 Å². The summed E-state index contributed by atoms with van der Waals surface area (Å²) in [5.41, 5.74) is 1.27. The van der Waals surface area contributed by atoms with Crippen molar-refractivity contribution < 1.29 is 24.0 Å². The van der Waals surface area contributed by atoms with E-state index in [1.165, 1.54) is 5.69 Å². The molecule has 0 saturated carbocycles. The fourth-order valence-corrected chi connectivity index (χ4v) is 2.34. The molecule has 1 aliphatic heterocycles. The van der Waals surface area contributed by atoms with Gasteiger partial charge in [0.2, 0.25) is 0 Å². The maximum absolute atomic E-state index is 8.18. The summed E-state index contributed by atoms with van der Waals surface area (Å²) in [4.78, 5) is 2.37. The number of halogens is 3. The Hall–Kier alpha value is 0.210. The van der Waals surface area contributed by atoms with Crippen LogP contribution in [0.2, 0.25) is 5.02 Å². The molecule has 0 unspecified atom stereocenters. The Balaban J connectivity index is 0. The Morgan fingerprint density at radius 2 is 1.68 bits per heavy atom. The molecule has 7 heteroatoms. The summed E-state index contributed by atoms with van der Waals surface area (Å²) in [5, 5.41) is 12.3. The first-order valence-electron chi connectivity index (χ1n) is 6.81. The number of rotatable bonds is 2. The van der Waals surface area contributed by atoms with Crippen molar-refractivity contribution in [3.63, 3.8) is 0 Å². The lowest BCUT2D eigenvalue weighted by Gasteiger charge is -2.29. The predicted octanol–water partition coefficient (Wildman–Crippen LogP) is 0.592. The highest BCUT2D eigenvalue weighted by atomic mass is 127. The number of piperazine rings is 1. The minimum absolute atomic E-state index is 0. The number of hydrogen-bond donors (Lipinski definition) is 1. The molecule has 0 aromatic heterocycles. The summed E-state index contributed by atoms with van der Waals surface area (Å²) in [6.07, 6.45) is 0.757. The van der Waals surface area contributed by atoms with E-state index in [4.69, 9.17) is 16.9 Å². The highest BCUT2D eigenvalue weighted by Gasteiger charge is 2.14. The lowest BCUT2D eigenvalue weighted by atomic mass is 10.2. The van der Waals surface area contributed by atoms with E-state index in [1.807, 2.05) is 12.1 Å². The standard InChI is InChI=1S/C10H13ClN2.C5H11NP.ClH.HI/c11-9-1-3-10(4-2-9)13-7-5-12-6-8-13;1-7(2,3)5-4-6;;/h1-4,12H,5-8H2;5H2,1-3H3;2*1H/q;+1;;/p-1. The molecule has 1 heterocycles. The maximum atomic E-state index is 8.18. The molecule has 0 amide bonds. The van der Waals surface area contributed by atoms with Crippen molar-refractivity contribution in [1.82, 2.24) is 5.32 Å². The zero-order valence-corrected chi connectivity index (χ0v) is 18.0. The van der Waals surface area contributed by atoms with Crippen LogP contribution in [0.4, 0.5) is 5.69 Å². The van der Waals surface area contributed by atoms with Crippen LogP contribution in [0.5, 0.6) is 0 Å². The predicted molar refractivity (Wildman–Crippen MR) is 99.0 cm³/mol. The average molecular weight is 476 g/mol. The molecular formula is C15H25Cl2IN3P. The van der Waals surface area contributed by atoms with Gasteiger partial charge in [0, 0.05) is 64.1 Å². The van der Waals surface area contributed by atoms with E-state index in [9.17, 15) is 0 Å². The Morgan fingerprint density at radius 3 is 2.05 bits per heavy atom. The first-order valence-corrected chi connectivity index (χ1v) is 10.5. The van der Waals surface area contributed by atoms with Gasteiger partial charge < -0.3 is 34.2 Å². The zero-order valence-electron chi connectivity index (χ0n) is 13.4. The molecule has 1 aromatic carbocycles. The maximum Gasteiger partial charge on any atom is 0.144 e. The molecule has 1 saturated heterocycles. The lowest BCUT2D eigenvalue weighted by molar-refractivity contribution is -0.00000479. The Labute approximate surface area is 163 Å². The molecule has 1 fully saturated rings. The summed E-state index contributed by atoms with van der Waals surface area (Å²) < 4.78 is 0. The first kappa shape index (κ1) is 24.5. The molecule has 1 aliphatic rings. The lowest BCUT2D eigenvalue weighted by Crippen LogP contribution is -3.00. The summed E-state index contributed by atoms with van der Waals surface area (Å²) in [6.45, 7) is 10.8. The molecule has 22 heavy (non-hydrogen) atoms. The third kappa shape index (κ3) is 10.9. The van der Waals surface area contributed by atoms with Crippen molar-refractivity contribution in [3.05, 3.63) is 29.3 Å². The molecule has 0 bridgehead atoms. The number of hydrogen-bond acceptors (Lipinski definition) is 3. The van der Waals surface area contributed by atoms with Gasteiger partial charge in [0.1, 0.15) is 12.2 Å². The van der Waals surface area contributed by atoms with E-state index in [2.05, 4.69) is 48.4 Å². The number of benzene rings is 1. The summed E-state index contributed by atoms with van der Waals surface area (Å²) >= 11 is 5.82. The van der Waals surface area contributed by atoms with Crippen LogP contribution in [-0.2, 0) is 0 Å². The van der Waals surface area contributed by atoms with Crippen LogP contribution >= 0.6 is 31.3 Å². The second-order valence-corrected chi connectivity index (χ2v) is 11.2. The van der Waals surface area contributed by atoms with Gasteiger partial charge in [-0.2, -0.15) is 5.26 Å². The van der Waals surface area contributed by atoms with Crippen LogP contribution in [0, 0.1) is 11.3 Å². The topological polar surface area (TPSA) is 39.1 Å². The summed E-state index contributed by atoms with van der Waals surface area (Å²) in [6, 6.07) is 10.2. The third-order valence-corrected chi connectivity index (χ3v) is 4.20.